The highest BCUT2D eigenvalue weighted by Gasteiger charge is 1.89. The lowest BCUT2D eigenvalue weighted by atomic mass is 10.1. The summed E-state index contributed by atoms with van der Waals surface area (Å²) in [7, 11) is 0. The van der Waals surface area contributed by atoms with Gasteiger partial charge in [-0.1, -0.05) is 44.4 Å². The van der Waals surface area contributed by atoms with Gasteiger partial charge in [0.15, 0.2) is 0 Å². The molecule has 0 N–H and O–H groups in total. The van der Waals surface area contributed by atoms with Crippen LogP contribution in [0.25, 0.3) is 0 Å². The van der Waals surface area contributed by atoms with Gasteiger partial charge >= 0.3 is 0 Å². The van der Waals surface area contributed by atoms with Crippen molar-refractivity contribution in [1.82, 2.24) is 4.98 Å². The van der Waals surface area contributed by atoms with Gasteiger partial charge in [-0.25, -0.2) is 0 Å². The molecule has 0 aromatic carbocycles. The van der Waals surface area contributed by atoms with Crippen molar-refractivity contribution in [3.63, 3.8) is 0 Å². The van der Waals surface area contributed by atoms with E-state index in [0.29, 0.717) is 0 Å². The summed E-state index contributed by atoms with van der Waals surface area (Å²) in [6.45, 7) is 2.25. The fourth-order valence-corrected chi connectivity index (χ4v) is 1.70. The molecule has 1 aromatic rings. The molecule has 0 fully saturated rings. The highest BCUT2D eigenvalue weighted by molar-refractivity contribution is 5.04. The van der Waals surface area contributed by atoms with Crippen molar-refractivity contribution < 1.29 is 0 Å². The Hall–Kier alpha value is -1.11. The van der Waals surface area contributed by atoms with Crippen LogP contribution < -0.4 is 0 Å². The van der Waals surface area contributed by atoms with Crippen LogP contribution in [-0.2, 0) is 6.42 Å². The molecular weight excluding hydrogens is 194 g/mol. The molecule has 88 valence electrons. The predicted octanol–water partition coefficient (Wildman–Crippen LogP) is 4.54. The number of rotatable bonds is 8. The molecule has 0 amide bonds. The van der Waals surface area contributed by atoms with E-state index in [1.807, 2.05) is 12.3 Å². The summed E-state index contributed by atoms with van der Waals surface area (Å²) in [5, 5.41) is 0. The van der Waals surface area contributed by atoms with E-state index >= 15 is 0 Å². The number of unbranched alkanes of at least 4 members (excludes halogenated alkanes) is 4. The second-order valence-corrected chi connectivity index (χ2v) is 4.18. The molecule has 0 aliphatic carbocycles. The van der Waals surface area contributed by atoms with Gasteiger partial charge in [0.25, 0.3) is 0 Å². The molecule has 16 heavy (non-hydrogen) atoms. The van der Waals surface area contributed by atoms with Crippen LogP contribution in [-0.4, -0.2) is 4.98 Å². The van der Waals surface area contributed by atoms with Crippen molar-refractivity contribution in [2.75, 3.05) is 0 Å². The summed E-state index contributed by atoms with van der Waals surface area (Å²) in [5.41, 5.74) is 1.19. The zero-order valence-electron chi connectivity index (χ0n) is 10.4. The van der Waals surface area contributed by atoms with Crippen LogP contribution >= 0.6 is 0 Å². The molecule has 0 radical (unpaired) electrons. The van der Waals surface area contributed by atoms with E-state index in [4.69, 9.17) is 0 Å². The Kier molecular flexibility index (Phi) is 7.40. The maximum Gasteiger partial charge on any atom is 0.0406 e. The minimum atomic E-state index is 1.06. The number of aromatic nitrogens is 1. The van der Waals surface area contributed by atoms with Crippen LogP contribution in [0.2, 0.25) is 0 Å². The van der Waals surface area contributed by atoms with Crippen molar-refractivity contribution in [3.8, 4) is 0 Å². The van der Waals surface area contributed by atoms with Crippen LogP contribution in [0.1, 0.15) is 51.1 Å². The van der Waals surface area contributed by atoms with Gasteiger partial charge in [0.1, 0.15) is 0 Å². The second kappa shape index (κ2) is 9.14. The first-order valence-corrected chi connectivity index (χ1v) is 6.48. The van der Waals surface area contributed by atoms with Gasteiger partial charge in [-0.2, -0.15) is 0 Å². The van der Waals surface area contributed by atoms with Crippen LogP contribution in [0.3, 0.4) is 0 Å². The van der Waals surface area contributed by atoms with Crippen molar-refractivity contribution in [2.24, 2.45) is 0 Å². The molecule has 0 saturated carbocycles. The van der Waals surface area contributed by atoms with E-state index in [1.165, 1.54) is 37.8 Å². The molecule has 1 aromatic heterocycles. The topological polar surface area (TPSA) is 12.9 Å². The molecule has 1 heterocycles. The fraction of sp³-hybridized carbons (Fsp3) is 0.533. The first-order valence-electron chi connectivity index (χ1n) is 6.48. The van der Waals surface area contributed by atoms with Crippen LogP contribution in [0.5, 0.6) is 0 Å². The van der Waals surface area contributed by atoms with Crippen molar-refractivity contribution in [1.29, 1.82) is 0 Å². The molecule has 1 nitrogen and oxygen atoms in total. The van der Waals surface area contributed by atoms with E-state index in [2.05, 4.69) is 36.2 Å². The number of nitrogens with zero attached hydrogens (tertiary/aromatic N) is 1. The molecule has 0 aliphatic rings. The van der Waals surface area contributed by atoms with E-state index in [9.17, 15) is 0 Å². The van der Waals surface area contributed by atoms with Gasteiger partial charge < -0.3 is 0 Å². The smallest absolute Gasteiger partial charge is 0.0406 e. The SMILES string of the molecule is CCCCCCC=CCCc1ccccn1. The molecular formula is C15H23N. The number of aryl methyl sites for hydroxylation is 1. The van der Waals surface area contributed by atoms with Crippen LogP contribution in [0, 0.1) is 0 Å². The molecule has 1 heteroatoms. The molecule has 0 bridgehead atoms. The van der Waals surface area contributed by atoms with Gasteiger partial charge in [0.2, 0.25) is 0 Å². The summed E-state index contributed by atoms with van der Waals surface area (Å²) in [6.07, 6.45) is 15.3. The standard InChI is InChI=1S/C15H23N/c1-2-3-4-5-6-7-8-9-12-15-13-10-11-14-16-15/h7-8,10-11,13-14H,2-6,9,12H2,1H3. The Morgan fingerprint density at radius 3 is 2.69 bits per heavy atom. The van der Waals surface area contributed by atoms with Crippen molar-refractivity contribution in [2.45, 2.75) is 51.9 Å². The zero-order valence-corrected chi connectivity index (χ0v) is 10.4. The number of pyridine rings is 1. The third-order valence-electron chi connectivity index (χ3n) is 2.68. The van der Waals surface area contributed by atoms with E-state index < -0.39 is 0 Å². The largest absolute Gasteiger partial charge is 0.261 e. The maximum atomic E-state index is 4.30. The average Bonchev–Trinajstić information content (AvgIpc) is 2.34. The minimum absolute atomic E-state index is 1.06. The molecule has 0 aliphatic heterocycles. The van der Waals surface area contributed by atoms with E-state index in [0.717, 1.165) is 12.8 Å². The van der Waals surface area contributed by atoms with Crippen LogP contribution in [0.4, 0.5) is 0 Å². The Morgan fingerprint density at radius 1 is 1.06 bits per heavy atom. The summed E-state index contributed by atoms with van der Waals surface area (Å²) in [4.78, 5) is 4.30. The number of hydrogen-bond acceptors (Lipinski definition) is 1. The normalized spacial score (nSPS) is 11.1. The fourth-order valence-electron chi connectivity index (χ4n) is 1.70. The summed E-state index contributed by atoms with van der Waals surface area (Å²) >= 11 is 0. The Labute approximate surface area is 99.6 Å². The first-order chi connectivity index (χ1) is 7.93. The van der Waals surface area contributed by atoms with E-state index in [-0.39, 0.29) is 0 Å². The van der Waals surface area contributed by atoms with Gasteiger partial charge in [0, 0.05) is 11.9 Å². The highest BCUT2D eigenvalue weighted by atomic mass is 14.7. The Bertz CT molecular complexity index is 277. The third-order valence-corrected chi connectivity index (χ3v) is 2.68. The first kappa shape index (κ1) is 13.0. The molecule has 0 atom stereocenters. The van der Waals surface area contributed by atoms with Crippen molar-refractivity contribution in [3.05, 3.63) is 42.2 Å². The molecule has 0 saturated heterocycles. The van der Waals surface area contributed by atoms with Crippen molar-refractivity contribution >= 4 is 0 Å². The monoisotopic (exact) mass is 217 g/mol. The second-order valence-electron chi connectivity index (χ2n) is 4.18. The lowest BCUT2D eigenvalue weighted by molar-refractivity contribution is 0.673. The lowest BCUT2D eigenvalue weighted by Gasteiger charge is -1.96. The molecule has 0 unspecified atom stereocenters. The summed E-state index contributed by atoms with van der Waals surface area (Å²) in [6, 6.07) is 6.11. The summed E-state index contributed by atoms with van der Waals surface area (Å²) < 4.78 is 0. The number of allylic oxidation sites excluding steroid dienone is 2. The predicted molar refractivity (Wildman–Crippen MR) is 70.5 cm³/mol. The summed E-state index contributed by atoms with van der Waals surface area (Å²) in [5.74, 6) is 0. The maximum absolute atomic E-state index is 4.30. The van der Waals surface area contributed by atoms with Crippen LogP contribution in [0.15, 0.2) is 36.5 Å². The number of hydrogen-bond donors (Lipinski definition) is 0. The highest BCUT2D eigenvalue weighted by Crippen LogP contribution is 2.04. The lowest BCUT2D eigenvalue weighted by Crippen LogP contribution is -1.86. The molecule has 0 spiro atoms. The van der Waals surface area contributed by atoms with E-state index in [1.54, 1.807) is 0 Å². The third kappa shape index (κ3) is 6.39. The van der Waals surface area contributed by atoms with Gasteiger partial charge in [-0.15, -0.1) is 0 Å². The molecule has 1 rings (SSSR count). The Morgan fingerprint density at radius 2 is 1.94 bits per heavy atom. The van der Waals surface area contributed by atoms with Gasteiger partial charge in [-0.3, -0.25) is 4.98 Å². The van der Waals surface area contributed by atoms with Gasteiger partial charge in [-0.05, 0) is 37.8 Å². The average molecular weight is 217 g/mol. The Balaban J connectivity index is 2.00. The van der Waals surface area contributed by atoms with Gasteiger partial charge in [0.05, 0.1) is 0 Å². The minimum Gasteiger partial charge on any atom is -0.261 e. The quantitative estimate of drug-likeness (QED) is 0.460. The zero-order chi connectivity index (χ0) is 11.5.